The minimum absolute atomic E-state index is 0.0641. The van der Waals surface area contributed by atoms with Gasteiger partial charge in [-0.1, -0.05) is 18.2 Å². The smallest absolute Gasteiger partial charge is 0.412 e. The first kappa shape index (κ1) is 23.7. The molecule has 0 aliphatic carbocycles. The highest BCUT2D eigenvalue weighted by Crippen LogP contribution is 2.37. The lowest BCUT2D eigenvalue weighted by Gasteiger charge is -2.35. The van der Waals surface area contributed by atoms with E-state index in [9.17, 15) is 19.1 Å². The van der Waals surface area contributed by atoms with Gasteiger partial charge in [-0.15, -0.1) is 0 Å². The largest absolute Gasteiger partial charge is 0.478 e. The molecule has 1 aromatic heterocycles. The van der Waals surface area contributed by atoms with Crippen LogP contribution in [0.3, 0.4) is 0 Å². The summed E-state index contributed by atoms with van der Waals surface area (Å²) in [4.78, 5) is 30.5. The molecule has 0 spiro atoms. The van der Waals surface area contributed by atoms with Gasteiger partial charge in [0.25, 0.3) is 0 Å². The second-order valence-electron chi connectivity index (χ2n) is 9.32. The Kier molecular flexibility index (Phi) is 6.55. The van der Waals surface area contributed by atoms with Gasteiger partial charge in [0, 0.05) is 12.6 Å². The molecular formula is C24H29FN2O5. The van der Waals surface area contributed by atoms with E-state index in [1.165, 1.54) is 23.2 Å². The van der Waals surface area contributed by atoms with Gasteiger partial charge < -0.3 is 14.6 Å². The summed E-state index contributed by atoms with van der Waals surface area (Å²) in [5.41, 5.74) is -0.955. The van der Waals surface area contributed by atoms with Crippen molar-refractivity contribution in [2.45, 2.75) is 70.9 Å². The van der Waals surface area contributed by atoms with Crippen LogP contribution in [0.15, 0.2) is 42.6 Å². The molecule has 3 rings (SSSR count). The highest BCUT2D eigenvalue weighted by atomic mass is 19.1. The molecule has 172 valence electrons. The zero-order chi connectivity index (χ0) is 23.7. The van der Waals surface area contributed by atoms with Crippen LogP contribution in [0.25, 0.3) is 0 Å². The summed E-state index contributed by atoms with van der Waals surface area (Å²) < 4.78 is 26.3. The number of carbonyl (C=O) groups is 2. The van der Waals surface area contributed by atoms with E-state index < -0.39 is 35.5 Å². The molecule has 2 heterocycles. The van der Waals surface area contributed by atoms with Gasteiger partial charge in [-0.2, -0.15) is 0 Å². The standard InChI is InChI=1S/C24H29FN2O5/c1-23(2,3)32-22(30)27-19(13-15-9-6-7-11-17(15)25)20(31-24(27,4)5)14-18-16(21(28)29)10-8-12-26-18/h6-12,19-20H,13-14H2,1-5H3,(H,28,29)/t19?,20-/m1/s1. The Morgan fingerprint density at radius 2 is 1.88 bits per heavy atom. The molecule has 1 aliphatic heterocycles. The summed E-state index contributed by atoms with van der Waals surface area (Å²) in [6.45, 7) is 8.78. The zero-order valence-electron chi connectivity index (χ0n) is 19.0. The zero-order valence-corrected chi connectivity index (χ0v) is 19.0. The van der Waals surface area contributed by atoms with Crippen molar-refractivity contribution in [3.8, 4) is 0 Å². The minimum atomic E-state index is -1.10. The molecule has 1 amide bonds. The number of halogens is 1. The van der Waals surface area contributed by atoms with Crippen molar-refractivity contribution in [2.24, 2.45) is 0 Å². The highest BCUT2D eigenvalue weighted by Gasteiger charge is 2.51. The number of rotatable bonds is 5. The first-order chi connectivity index (χ1) is 14.9. The van der Waals surface area contributed by atoms with E-state index in [0.717, 1.165) is 0 Å². The number of hydrogen-bond donors (Lipinski definition) is 1. The lowest BCUT2D eigenvalue weighted by atomic mass is 9.96. The van der Waals surface area contributed by atoms with E-state index in [-0.39, 0.29) is 24.2 Å². The molecule has 1 saturated heterocycles. The van der Waals surface area contributed by atoms with Gasteiger partial charge >= 0.3 is 12.1 Å². The number of ether oxygens (including phenoxy) is 2. The maximum atomic E-state index is 14.5. The Morgan fingerprint density at radius 3 is 2.50 bits per heavy atom. The molecule has 1 aromatic carbocycles. The van der Waals surface area contributed by atoms with Gasteiger partial charge in [-0.3, -0.25) is 9.88 Å². The van der Waals surface area contributed by atoms with E-state index in [1.807, 2.05) is 0 Å². The van der Waals surface area contributed by atoms with Crippen molar-refractivity contribution in [3.63, 3.8) is 0 Å². The summed E-state index contributed by atoms with van der Waals surface area (Å²) in [6.07, 6.45) is 0.634. The molecule has 1 N–H and O–H groups in total. The van der Waals surface area contributed by atoms with E-state index >= 15 is 0 Å². The van der Waals surface area contributed by atoms with Crippen LogP contribution in [0.2, 0.25) is 0 Å². The second kappa shape index (κ2) is 8.86. The minimum Gasteiger partial charge on any atom is -0.478 e. The SMILES string of the molecule is CC(C)(C)OC(=O)N1C(Cc2ccccc2F)[C@@H](Cc2ncccc2C(=O)O)OC1(C)C. The van der Waals surface area contributed by atoms with Crippen LogP contribution < -0.4 is 0 Å². The van der Waals surface area contributed by atoms with Crippen LogP contribution in [0.1, 0.15) is 56.2 Å². The predicted molar refractivity (Wildman–Crippen MR) is 116 cm³/mol. The summed E-state index contributed by atoms with van der Waals surface area (Å²) in [7, 11) is 0. The maximum Gasteiger partial charge on any atom is 0.412 e. The summed E-state index contributed by atoms with van der Waals surface area (Å²) in [5.74, 6) is -1.48. The van der Waals surface area contributed by atoms with Gasteiger partial charge in [0.15, 0.2) is 0 Å². The van der Waals surface area contributed by atoms with Gasteiger partial charge in [0.05, 0.1) is 23.4 Å². The molecule has 1 fully saturated rings. The lowest BCUT2D eigenvalue weighted by molar-refractivity contribution is -0.0785. The summed E-state index contributed by atoms with van der Waals surface area (Å²) in [6, 6.07) is 8.79. The highest BCUT2D eigenvalue weighted by molar-refractivity contribution is 5.88. The Labute approximate surface area is 187 Å². The first-order valence-electron chi connectivity index (χ1n) is 10.5. The second-order valence-corrected chi connectivity index (χ2v) is 9.32. The third-order valence-corrected chi connectivity index (χ3v) is 5.27. The number of amides is 1. The van der Waals surface area contributed by atoms with Crippen molar-refractivity contribution in [1.29, 1.82) is 0 Å². The van der Waals surface area contributed by atoms with Crippen LogP contribution in [0, 0.1) is 5.82 Å². The van der Waals surface area contributed by atoms with Gasteiger partial charge in [-0.25, -0.2) is 14.0 Å². The normalized spacial score (nSPS) is 20.2. The van der Waals surface area contributed by atoms with Gasteiger partial charge in [0.2, 0.25) is 0 Å². The van der Waals surface area contributed by atoms with E-state index in [1.54, 1.807) is 58.9 Å². The quantitative estimate of drug-likeness (QED) is 0.733. The Morgan fingerprint density at radius 1 is 1.19 bits per heavy atom. The van der Waals surface area contributed by atoms with E-state index in [4.69, 9.17) is 9.47 Å². The predicted octanol–water partition coefficient (Wildman–Crippen LogP) is 4.44. The molecule has 1 unspecified atom stereocenters. The van der Waals surface area contributed by atoms with Crippen LogP contribution in [-0.4, -0.2) is 50.5 Å². The van der Waals surface area contributed by atoms with Crippen molar-refractivity contribution >= 4 is 12.1 Å². The third-order valence-electron chi connectivity index (χ3n) is 5.27. The number of aromatic nitrogens is 1. The molecular weight excluding hydrogens is 415 g/mol. The number of carbonyl (C=O) groups excluding carboxylic acids is 1. The van der Waals surface area contributed by atoms with E-state index in [0.29, 0.717) is 11.3 Å². The third kappa shape index (κ3) is 5.24. The molecule has 0 bridgehead atoms. The number of benzene rings is 1. The van der Waals surface area contributed by atoms with Crippen LogP contribution in [0.4, 0.5) is 9.18 Å². The topological polar surface area (TPSA) is 89.0 Å². The maximum absolute atomic E-state index is 14.5. The fourth-order valence-electron chi connectivity index (χ4n) is 4.01. The van der Waals surface area contributed by atoms with Crippen LogP contribution in [-0.2, 0) is 22.3 Å². The van der Waals surface area contributed by atoms with Gasteiger partial charge in [0.1, 0.15) is 17.1 Å². The number of nitrogens with zero attached hydrogens (tertiary/aromatic N) is 2. The molecule has 32 heavy (non-hydrogen) atoms. The Hall–Kier alpha value is -3.00. The number of carboxylic acid groups (broad SMARTS) is 1. The summed E-state index contributed by atoms with van der Waals surface area (Å²) >= 11 is 0. The van der Waals surface area contributed by atoms with Crippen molar-refractivity contribution in [2.75, 3.05) is 0 Å². The molecule has 0 saturated carbocycles. The average Bonchev–Trinajstić information content (AvgIpc) is 2.92. The number of aromatic carboxylic acids is 1. The number of pyridine rings is 1. The van der Waals surface area contributed by atoms with Crippen LogP contribution in [0.5, 0.6) is 0 Å². The fraction of sp³-hybridized carbons (Fsp3) is 0.458. The Bertz CT molecular complexity index is 1000. The molecule has 1 aliphatic rings. The number of carboxylic acids is 1. The molecule has 8 heteroatoms. The first-order valence-corrected chi connectivity index (χ1v) is 10.5. The molecule has 0 radical (unpaired) electrons. The van der Waals surface area contributed by atoms with Crippen molar-refractivity contribution in [3.05, 3.63) is 65.2 Å². The van der Waals surface area contributed by atoms with Gasteiger partial charge in [-0.05, 0) is 64.8 Å². The Balaban J connectivity index is 2.00. The molecule has 2 aromatic rings. The van der Waals surface area contributed by atoms with Crippen LogP contribution >= 0.6 is 0 Å². The average molecular weight is 445 g/mol. The lowest BCUT2D eigenvalue weighted by Crippen LogP contribution is -2.51. The fourth-order valence-corrected chi connectivity index (χ4v) is 4.01. The molecule has 7 nitrogen and oxygen atoms in total. The van der Waals surface area contributed by atoms with Crippen molar-refractivity contribution in [1.82, 2.24) is 9.88 Å². The summed E-state index contributed by atoms with van der Waals surface area (Å²) in [5, 5.41) is 9.53. The monoisotopic (exact) mass is 444 g/mol. The van der Waals surface area contributed by atoms with E-state index in [2.05, 4.69) is 4.98 Å². The molecule has 2 atom stereocenters. The number of hydrogen-bond acceptors (Lipinski definition) is 5. The van der Waals surface area contributed by atoms with Crippen molar-refractivity contribution < 1.29 is 28.6 Å².